The van der Waals surface area contributed by atoms with Crippen LogP contribution in [0.1, 0.15) is 44.2 Å². The Bertz CT molecular complexity index is 407. The van der Waals surface area contributed by atoms with Crippen molar-refractivity contribution in [3.63, 3.8) is 0 Å². The lowest BCUT2D eigenvalue weighted by atomic mass is 9.77. The number of halogens is 2. The third-order valence-corrected chi connectivity index (χ3v) is 4.88. The quantitative estimate of drug-likeness (QED) is 0.804. The summed E-state index contributed by atoms with van der Waals surface area (Å²) in [5, 5.41) is 4.33. The molecule has 0 aromatic heterocycles. The molecule has 0 saturated heterocycles. The Hall–Kier alpha value is -0.0500. The van der Waals surface area contributed by atoms with Gasteiger partial charge in [0, 0.05) is 15.5 Å². The van der Waals surface area contributed by atoms with Crippen molar-refractivity contribution in [2.75, 3.05) is 7.05 Å². The first-order valence-corrected chi connectivity index (χ1v) is 7.91. The summed E-state index contributed by atoms with van der Waals surface area (Å²) in [4.78, 5) is 0. The van der Waals surface area contributed by atoms with Gasteiger partial charge in [0.25, 0.3) is 0 Å². The lowest BCUT2D eigenvalue weighted by Gasteiger charge is -2.33. The zero-order chi connectivity index (χ0) is 13.1. The van der Waals surface area contributed by atoms with Gasteiger partial charge in [0.1, 0.15) is 0 Å². The van der Waals surface area contributed by atoms with Crippen molar-refractivity contribution in [2.45, 2.75) is 38.6 Å². The average Bonchev–Trinajstić information content (AvgIpc) is 2.33. The first-order valence-electron chi connectivity index (χ1n) is 6.74. The summed E-state index contributed by atoms with van der Waals surface area (Å²) in [5.41, 5.74) is 1.24. The first kappa shape index (κ1) is 14.4. The van der Waals surface area contributed by atoms with Crippen molar-refractivity contribution in [3.8, 4) is 0 Å². The van der Waals surface area contributed by atoms with E-state index >= 15 is 0 Å². The smallest absolute Gasteiger partial charge is 0.0465 e. The number of hydrogen-bond acceptors (Lipinski definition) is 1. The highest BCUT2D eigenvalue weighted by Gasteiger charge is 2.27. The summed E-state index contributed by atoms with van der Waals surface area (Å²) < 4.78 is 1.04. The van der Waals surface area contributed by atoms with Gasteiger partial charge in [-0.3, -0.25) is 0 Å². The predicted octanol–water partition coefficient (Wildman–Crippen LogP) is 5.19. The molecule has 3 unspecified atom stereocenters. The van der Waals surface area contributed by atoms with E-state index < -0.39 is 0 Å². The molecule has 0 radical (unpaired) electrons. The summed E-state index contributed by atoms with van der Waals surface area (Å²) in [6.07, 6.45) is 5.33. The fourth-order valence-electron chi connectivity index (χ4n) is 3.18. The molecule has 1 aromatic carbocycles. The summed E-state index contributed by atoms with van der Waals surface area (Å²) in [6.45, 7) is 2.36. The van der Waals surface area contributed by atoms with E-state index in [4.69, 9.17) is 11.6 Å². The van der Waals surface area contributed by atoms with Gasteiger partial charge in [0.2, 0.25) is 0 Å². The SMILES string of the molecule is CNC(c1ccc(Br)cc1Cl)C1CCCC(C)C1. The van der Waals surface area contributed by atoms with E-state index in [2.05, 4.69) is 40.3 Å². The fourth-order valence-corrected chi connectivity index (χ4v) is 3.97. The number of rotatable bonds is 3. The van der Waals surface area contributed by atoms with Crippen molar-refractivity contribution in [1.82, 2.24) is 5.32 Å². The molecule has 1 fully saturated rings. The summed E-state index contributed by atoms with van der Waals surface area (Å²) in [6, 6.07) is 6.60. The second-order valence-corrected chi connectivity index (χ2v) is 6.79. The minimum absolute atomic E-state index is 0.383. The van der Waals surface area contributed by atoms with E-state index in [1.54, 1.807) is 0 Å². The van der Waals surface area contributed by atoms with Gasteiger partial charge in [-0.05, 0) is 49.4 Å². The lowest BCUT2D eigenvalue weighted by Crippen LogP contribution is -2.29. The average molecular weight is 331 g/mol. The van der Waals surface area contributed by atoms with Crippen LogP contribution in [-0.4, -0.2) is 7.05 Å². The van der Waals surface area contributed by atoms with Crippen LogP contribution < -0.4 is 5.32 Å². The van der Waals surface area contributed by atoms with Gasteiger partial charge in [-0.1, -0.05) is 53.4 Å². The van der Waals surface area contributed by atoms with E-state index in [0.29, 0.717) is 12.0 Å². The van der Waals surface area contributed by atoms with Crippen LogP contribution in [0, 0.1) is 11.8 Å². The van der Waals surface area contributed by atoms with Gasteiger partial charge >= 0.3 is 0 Å². The molecule has 1 saturated carbocycles. The Kier molecular flexibility index (Phi) is 5.11. The molecular weight excluding hydrogens is 310 g/mol. The summed E-state index contributed by atoms with van der Waals surface area (Å²) in [5.74, 6) is 1.55. The van der Waals surface area contributed by atoms with Crippen molar-refractivity contribution in [3.05, 3.63) is 33.3 Å². The molecule has 3 atom stereocenters. The van der Waals surface area contributed by atoms with Gasteiger partial charge in [0.15, 0.2) is 0 Å². The van der Waals surface area contributed by atoms with E-state index in [1.165, 1.54) is 31.2 Å². The van der Waals surface area contributed by atoms with Gasteiger partial charge < -0.3 is 5.32 Å². The summed E-state index contributed by atoms with van der Waals surface area (Å²) in [7, 11) is 2.04. The van der Waals surface area contributed by atoms with Gasteiger partial charge in [0.05, 0.1) is 0 Å². The highest BCUT2D eigenvalue weighted by Crippen LogP contribution is 2.39. The van der Waals surface area contributed by atoms with E-state index in [-0.39, 0.29) is 0 Å². The van der Waals surface area contributed by atoms with Crippen LogP contribution in [-0.2, 0) is 0 Å². The molecule has 0 amide bonds. The standard InChI is InChI=1S/C15H21BrClN/c1-10-4-3-5-11(8-10)15(18-2)13-7-6-12(16)9-14(13)17/h6-7,9-11,15,18H,3-5,8H2,1-2H3. The van der Waals surface area contributed by atoms with Crippen molar-refractivity contribution >= 4 is 27.5 Å². The topological polar surface area (TPSA) is 12.0 Å². The molecule has 1 aliphatic rings. The van der Waals surface area contributed by atoms with Gasteiger partial charge in [-0.2, -0.15) is 0 Å². The Morgan fingerprint density at radius 1 is 1.39 bits per heavy atom. The van der Waals surface area contributed by atoms with Gasteiger partial charge in [-0.15, -0.1) is 0 Å². The Balaban J connectivity index is 2.21. The predicted molar refractivity (Wildman–Crippen MR) is 82.1 cm³/mol. The first-order chi connectivity index (χ1) is 8.61. The maximum Gasteiger partial charge on any atom is 0.0465 e. The third kappa shape index (κ3) is 3.28. The summed E-state index contributed by atoms with van der Waals surface area (Å²) >= 11 is 9.86. The normalized spacial score (nSPS) is 26.0. The number of nitrogens with one attached hydrogen (secondary N) is 1. The van der Waals surface area contributed by atoms with Crippen LogP contribution in [0.3, 0.4) is 0 Å². The van der Waals surface area contributed by atoms with Crippen LogP contribution >= 0.6 is 27.5 Å². The maximum absolute atomic E-state index is 6.39. The van der Waals surface area contributed by atoms with Crippen LogP contribution in [0.4, 0.5) is 0 Å². The number of benzene rings is 1. The van der Waals surface area contributed by atoms with Crippen LogP contribution in [0.25, 0.3) is 0 Å². The van der Waals surface area contributed by atoms with Crippen molar-refractivity contribution in [2.24, 2.45) is 11.8 Å². The molecule has 0 heterocycles. The Labute approximate surface area is 123 Å². The second kappa shape index (κ2) is 6.40. The lowest BCUT2D eigenvalue weighted by molar-refractivity contribution is 0.230. The largest absolute Gasteiger partial charge is 0.313 e. The van der Waals surface area contributed by atoms with Gasteiger partial charge in [-0.25, -0.2) is 0 Å². The molecule has 1 aliphatic carbocycles. The van der Waals surface area contributed by atoms with Crippen LogP contribution in [0.15, 0.2) is 22.7 Å². The highest BCUT2D eigenvalue weighted by atomic mass is 79.9. The highest BCUT2D eigenvalue weighted by molar-refractivity contribution is 9.10. The fraction of sp³-hybridized carbons (Fsp3) is 0.600. The van der Waals surface area contributed by atoms with E-state index in [0.717, 1.165) is 15.4 Å². The molecule has 100 valence electrons. The molecule has 0 bridgehead atoms. The molecule has 3 heteroatoms. The molecule has 0 aliphatic heterocycles. The molecule has 1 aromatic rings. The van der Waals surface area contributed by atoms with Crippen molar-refractivity contribution < 1.29 is 0 Å². The zero-order valence-electron chi connectivity index (χ0n) is 11.0. The second-order valence-electron chi connectivity index (χ2n) is 5.46. The molecule has 1 N–H and O–H groups in total. The molecule has 1 nitrogen and oxygen atoms in total. The zero-order valence-corrected chi connectivity index (χ0v) is 13.4. The minimum atomic E-state index is 0.383. The molecule has 18 heavy (non-hydrogen) atoms. The van der Waals surface area contributed by atoms with Crippen molar-refractivity contribution in [1.29, 1.82) is 0 Å². The Morgan fingerprint density at radius 2 is 2.17 bits per heavy atom. The van der Waals surface area contributed by atoms with E-state index in [1.807, 2.05) is 13.1 Å². The monoisotopic (exact) mass is 329 g/mol. The van der Waals surface area contributed by atoms with Crippen LogP contribution in [0.2, 0.25) is 5.02 Å². The van der Waals surface area contributed by atoms with Crippen LogP contribution in [0.5, 0.6) is 0 Å². The maximum atomic E-state index is 6.39. The molecule has 0 spiro atoms. The molecule has 2 rings (SSSR count). The number of hydrogen-bond donors (Lipinski definition) is 1. The minimum Gasteiger partial charge on any atom is -0.313 e. The Morgan fingerprint density at radius 3 is 2.78 bits per heavy atom. The molecular formula is C15H21BrClN. The van der Waals surface area contributed by atoms with E-state index in [9.17, 15) is 0 Å². The third-order valence-electron chi connectivity index (χ3n) is 4.06.